The SMILES string of the molecule is C[C@@H](NC(=O)[C@H]1CC(=O)N(c2ccc3c(c2)OCCO3)C1)c1ccc(Cl)cc1. The molecule has 0 bridgehead atoms. The van der Waals surface area contributed by atoms with E-state index in [0.717, 1.165) is 11.3 Å². The van der Waals surface area contributed by atoms with Crippen molar-refractivity contribution in [1.29, 1.82) is 0 Å². The van der Waals surface area contributed by atoms with Gasteiger partial charge < -0.3 is 19.7 Å². The highest BCUT2D eigenvalue weighted by Gasteiger charge is 2.36. The van der Waals surface area contributed by atoms with Gasteiger partial charge in [0.1, 0.15) is 13.2 Å². The van der Waals surface area contributed by atoms with E-state index in [-0.39, 0.29) is 24.3 Å². The van der Waals surface area contributed by atoms with Crippen LogP contribution in [0, 0.1) is 5.92 Å². The van der Waals surface area contributed by atoms with Gasteiger partial charge in [0, 0.05) is 29.7 Å². The molecule has 0 radical (unpaired) electrons. The van der Waals surface area contributed by atoms with Crippen molar-refractivity contribution in [2.45, 2.75) is 19.4 Å². The van der Waals surface area contributed by atoms with Crippen molar-refractivity contribution < 1.29 is 19.1 Å². The lowest BCUT2D eigenvalue weighted by Gasteiger charge is -2.22. The second-order valence-electron chi connectivity index (χ2n) is 7.02. The molecule has 28 heavy (non-hydrogen) atoms. The lowest BCUT2D eigenvalue weighted by Crippen LogP contribution is -2.34. The van der Waals surface area contributed by atoms with E-state index in [0.29, 0.717) is 36.3 Å². The van der Waals surface area contributed by atoms with Crippen molar-refractivity contribution in [1.82, 2.24) is 5.32 Å². The number of anilines is 1. The minimum atomic E-state index is -0.393. The first kappa shape index (κ1) is 18.6. The normalized spacial score (nSPS) is 19.4. The predicted molar refractivity (Wildman–Crippen MR) is 106 cm³/mol. The third kappa shape index (κ3) is 3.78. The van der Waals surface area contributed by atoms with E-state index in [1.54, 1.807) is 29.2 Å². The van der Waals surface area contributed by atoms with Crippen LogP contribution in [0.5, 0.6) is 11.5 Å². The zero-order chi connectivity index (χ0) is 19.7. The smallest absolute Gasteiger partial charge is 0.227 e. The molecule has 2 atom stereocenters. The molecule has 6 nitrogen and oxygen atoms in total. The molecule has 2 aromatic carbocycles. The van der Waals surface area contributed by atoms with E-state index >= 15 is 0 Å². The third-order valence-electron chi connectivity index (χ3n) is 5.06. The average Bonchev–Trinajstić information content (AvgIpc) is 3.10. The number of hydrogen-bond donors (Lipinski definition) is 1. The molecule has 2 aliphatic rings. The van der Waals surface area contributed by atoms with Crippen molar-refractivity contribution in [2.24, 2.45) is 5.92 Å². The number of benzene rings is 2. The molecule has 2 aliphatic heterocycles. The fourth-order valence-corrected chi connectivity index (χ4v) is 3.62. The van der Waals surface area contributed by atoms with Crippen LogP contribution in [0.4, 0.5) is 5.69 Å². The summed E-state index contributed by atoms with van der Waals surface area (Å²) in [6.07, 6.45) is 0.188. The Labute approximate surface area is 168 Å². The zero-order valence-electron chi connectivity index (χ0n) is 15.5. The van der Waals surface area contributed by atoms with Gasteiger partial charge in [0.15, 0.2) is 11.5 Å². The van der Waals surface area contributed by atoms with Crippen molar-refractivity contribution >= 4 is 29.1 Å². The van der Waals surface area contributed by atoms with Crippen LogP contribution in [0.25, 0.3) is 0 Å². The number of halogens is 1. The molecule has 0 aliphatic carbocycles. The van der Waals surface area contributed by atoms with Crippen molar-refractivity contribution in [2.75, 3.05) is 24.7 Å². The van der Waals surface area contributed by atoms with Crippen molar-refractivity contribution in [3.05, 3.63) is 53.1 Å². The van der Waals surface area contributed by atoms with Crippen LogP contribution in [0.2, 0.25) is 5.02 Å². The zero-order valence-corrected chi connectivity index (χ0v) is 16.2. The molecule has 146 valence electrons. The van der Waals surface area contributed by atoms with Crippen molar-refractivity contribution in [3.63, 3.8) is 0 Å². The van der Waals surface area contributed by atoms with E-state index in [1.165, 1.54) is 0 Å². The molecule has 0 aromatic heterocycles. The highest BCUT2D eigenvalue weighted by molar-refractivity contribution is 6.30. The standard InChI is InChI=1S/C21H21ClN2O4/c1-13(14-2-4-16(22)5-3-14)23-21(26)15-10-20(25)24(12-15)17-6-7-18-19(11-17)28-9-8-27-18/h2-7,11,13,15H,8-10,12H2,1H3,(H,23,26)/t13-,15+/m1/s1. The summed E-state index contributed by atoms with van der Waals surface area (Å²) in [4.78, 5) is 26.8. The molecule has 0 spiro atoms. The Morgan fingerprint density at radius 1 is 1.14 bits per heavy atom. The number of rotatable bonds is 4. The first-order chi connectivity index (χ1) is 13.5. The van der Waals surface area contributed by atoms with Gasteiger partial charge in [-0.1, -0.05) is 23.7 Å². The van der Waals surface area contributed by atoms with Gasteiger partial charge in [-0.2, -0.15) is 0 Å². The predicted octanol–water partition coefficient (Wildman–Crippen LogP) is 3.34. The van der Waals surface area contributed by atoms with Gasteiger partial charge in [-0.3, -0.25) is 9.59 Å². The number of carbonyl (C=O) groups excluding carboxylic acids is 2. The van der Waals surface area contributed by atoms with Crippen LogP contribution >= 0.6 is 11.6 Å². The molecular formula is C21H21ClN2O4. The van der Waals surface area contributed by atoms with Gasteiger partial charge in [0.05, 0.1) is 12.0 Å². The second kappa shape index (κ2) is 7.72. The van der Waals surface area contributed by atoms with E-state index in [9.17, 15) is 9.59 Å². The van der Waals surface area contributed by atoms with E-state index in [1.807, 2.05) is 25.1 Å². The number of nitrogens with one attached hydrogen (secondary N) is 1. The Bertz CT molecular complexity index is 900. The van der Waals surface area contributed by atoms with Gasteiger partial charge in [-0.05, 0) is 36.8 Å². The highest BCUT2D eigenvalue weighted by Crippen LogP contribution is 2.36. The summed E-state index contributed by atoms with van der Waals surface area (Å²) in [5.74, 6) is 0.704. The van der Waals surface area contributed by atoms with Crippen LogP contribution in [0.3, 0.4) is 0 Å². The average molecular weight is 401 g/mol. The van der Waals surface area contributed by atoms with Crippen LogP contribution in [-0.2, 0) is 9.59 Å². The fourth-order valence-electron chi connectivity index (χ4n) is 3.50. The monoisotopic (exact) mass is 400 g/mol. The maximum atomic E-state index is 12.7. The Kier molecular flexibility index (Phi) is 5.13. The topological polar surface area (TPSA) is 67.9 Å². The molecule has 1 fully saturated rings. The molecule has 2 amide bonds. The number of fused-ring (bicyclic) bond motifs is 1. The van der Waals surface area contributed by atoms with Crippen LogP contribution in [0.15, 0.2) is 42.5 Å². The molecule has 0 unspecified atom stereocenters. The number of carbonyl (C=O) groups is 2. The quantitative estimate of drug-likeness (QED) is 0.854. The Morgan fingerprint density at radius 3 is 2.61 bits per heavy atom. The first-order valence-corrected chi connectivity index (χ1v) is 9.65. The van der Waals surface area contributed by atoms with Crippen LogP contribution in [0.1, 0.15) is 24.9 Å². The molecular weight excluding hydrogens is 380 g/mol. The summed E-state index contributed by atoms with van der Waals surface area (Å²) in [7, 11) is 0. The minimum absolute atomic E-state index is 0.0732. The van der Waals surface area contributed by atoms with E-state index < -0.39 is 5.92 Å². The van der Waals surface area contributed by atoms with E-state index in [4.69, 9.17) is 21.1 Å². The molecule has 2 aromatic rings. The summed E-state index contributed by atoms with van der Waals surface area (Å²) in [6, 6.07) is 12.6. The number of hydrogen-bond acceptors (Lipinski definition) is 4. The summed E-state index contributed by atoms with van der Waals surface area (Å²) >= 11 is 5.91. The molecule has 1 N–H and O–H groups in total. The Balaban J connectivity index is 1.42. The van der Waals surface area contributed by atoms with Crippen LogP contribution in [-0.4, -0.2) is 31.6 Å². The summed E-state index contributed by atoms with van der Waals surface area (Å²) in [6.45, 7) is 3.26. The maximum absolute atomic E-state index is 12.7. The molecule has 4 rings (SSSR count). The molecule has 2 heterocycles. The lowest BCUT2D eigenvalue weighted by molar-refractivity contribution is -0.126. The number of ether oxygens (including phenoxy) is 2. The van der Waals surface area contributed by atoms with Gasteiger partial charge in [-0.25, -0.2) is 0 Å². The summed E-state index contributed by atoms with van der Waals surface area (Å²) < 4.78 is 11.1. The minimum Gasteiger partial charge on any atom is -0.486 e. The molecule has 7 heteroatoms. The number of amides is 2. The number of nitrogens with zero attached hydrogens (tertiary/aromatic N) is 1. The van der Waals surface area contributed by atoms with Gasteiger partial charge in [0.25, 0.3) is 0 Å². The maximum Gasteiger partial charge on any atom is 0.227 e. The molecule has 1 saturated heterocycles. The largest absolute Gasteiger partial charge is 0.486 e. The third-order valence-corrected chi connectivity index (χ3v) is 5.31. The summed E-state index contributed by atoms with van der Waals surface area (Å²) in [5, 5.41) is 3.65. The van der Waals surface area contributed by atoms with Gasteiger partial charge >= 0.3 is 0 Å². The lowest BCUT2D eigenvalue weighted by atomic mass is 10.1. The van der Waals surface area contributed by atoms with Gasteiger partial charge in [0.2, 0.25) is 11.8 Å². The summed E-state index contributed by atoms with van der Waals surface area (Å²) in [5.41, 5.74) is 1.68. The second-order valence-corrected chi connectivity index (χ2v) is 7.45. The first-order valence-electron chi connectivity index (χ1n) is 9.27. The molecule has 0 saturated carbocycles. The fraction of sp³-hybridized carbons (Fsp3) is 0.333. The van der Waals surface area contributed by atoms with Crippen molar-refractivity contribution in [3.8, 4) is 11.5 Å². The van der Waals surface area contributed by atoms with Gasteiger partial charge in [-0.15, -0.1) is 0 Å². The highest BCUT2D eigenvalue weighted by atomic mass is 35.5. The van der Waals surface area contributed by atoms with Crippen LogP contribution < -0.4 is 19.7 Å². The van der Waals surface area contributed by atoms with E-state index in [2.05, 4.69) is 5.32 Å². The Morgan fingerprint density at radius 2 is 1.86 bits per heavy atom. The Hall–Kier alpha value is -2.73.